The van der Waals surface area contributed by atoms with Crippen LogP contribution in [0, 0.1) is 5.92 Å². The zero-order valence-corrected chi connectivity index (χ0v) is 22.9. The number of aromatic nitrogens is 3. The van der Waals surface area contributed by atoms with Crippen LogP contribution in [0.15, 0.2) is 18.2 Å². The van der Waals surface area contributed by atoms with Crippen LogP contribution in [0.25, 0.3) is 5.65 Å². The first kappa shape index (κ1) is 28.3. The van der Waals surface area contributed by atoms with Crippen LogP contribution in [0.3, 0.4) is 0 Å². The maximum Gasteiger partial charge on any atom is 0.410 e. The standard InChI is InChI=1S/C27H42N6O5/c1-19(38-26(35)32-13-15-36-16-14-32)22-11-8-12-23-30-31-24(33(22)23)21(29-25(34)27(2,3)28)18-37-17-20-9-6-4-5-7-10-20/h8,11-12,19-21H,4-7,9-10,13-18,28H2,1-3H3,(H,29,34)/t19?,21-/m1/s1. The first-order valence-electron chi connectivity index (χ1n) is 13.8. The van der Waals surface area contributed by atoms with Crippen LogP contribution in [-0.2, 0) is 19.0 Å². The molecule has 2 atom stereocenters. The minimum absolute atomic E-state index is 0.232. The van der Waals surface area contributed by atoms with Crippen LogP contribution in [-0.4, -0.2) is 76.6 Å². The van der Waals surface area contributed by atoms with Gasteiger partial charge < -0.3 is 30.2 Å². The van der Waals surface area contributed by atoms with Gasteiger partial charge in [0.25, 0.3) is 0 Å². The van der Waals surface area contributed by atoms with E-state index in [2.05, 4.69) is 15.5 Å². The van der Waals surface area contributed by atoms with E-state index in [1.165, 1.54) is 25.7 Å². The molecule has 0 aromatic carbocycles. The monoisotopic (exact) mass is 530 g/mol. The normalized spacial score (nSPS) is 19.1. The molecule has 1 aliphatic heterocycles. The highest BCUT2D eigenvalue weighted by atomic mass is 16.6. The van der Waals surface area contributed by atoms with Crippen molar-refractivity contribution in [2.45, 2.75) is 77.0 Å². The minimum atomic E-state index is -1.08. The fraction of sp³-hybridized carbons (Fsp3) is 0.704. The van der Waals surface area contributed by atoms with E-state index in [4.69, 9.17) is 19.9 Å². The summed E-state index contributed by atoms with van der Waals surface area (Å²) in [6.07, 6.45) is 6.37. The molecule has 1 unspecified atom stereocenters. The Balaban J connectivity index is 1.55. The summed E-state index contributed by atoms with van der Waals surface area (Å²) in [5.41, 5.74) is 6.29. The van der Waals surface area contributed by atoms with Crippen molar-refractivity contribution in [1.29, 1.82) is 0 Å². The molecule has 11 heteroatoms. The molecule has 0 radical (unpaired) electrons. The summed E-state index contributed by atoms with van der Waals surface area (Å²) >= 11 is 0. The molecule has 3 N–H and O–H groups in total. The van der Waals surface area contributed by atoms with Gasteiger partial charge in [0.05, 0.1) is 31.1 Å². The van der Waals surface area contributed by atoms with Gasteiger partial charge in [-0.25, -0.2) is 4.79 Å². The van der Waals surface area contributed by atoms with Crippen LogP contribution in [0.4, 0.5) is 4.79 Å². The van der Waals surface area contributed by atoms with Crippen LogP contribution in [0.5, 0.6) is 0 Å². The number of rotatable bonds is 9. The van der Waals surface area contributed by atoms with Crippen molar-refractivity contribution in [2.24, 2.45) is 11.7 Å². The lowest BCUT2D eigenvalue weighted by molar-refractivity contribution is -0.126. The van der Waals surface area contributed by atoms with Crippen LogP contribution < -0.4 is 11.1 Å². The number of carbonyl (C=O) groups excluding carboxylic acids is 2. The largest absolute Gasteiger partial charge is 0.440 e. The van der Waals surface area contributed by atoms with Crippen molar-refractivity contribution in [3.63, 3.8) is 0 Å². The number of amides is 2. The van der Waals surface area contributed by atoms with Gasteiger partial charge in [-0.15, -0.1) is 10.2 Å². The maximum atomic E-state index is 12.9. The van der Waals surface area contributed by atoms with E-state index in [9.17, 15) is 9.59 Å². The van der Waals surface area contributed by atoms with Crippen molar-refractivity contribution >= 4 is 17.6 Å². The highest BCUT2D eigenvalue weighted by Crippen LogP contribution is 2.26. The van der Waals surface area contributed by atoms with Crippen molar-refractivity contribution < 1.29 is 23.8 Å². The second-order valence-electron chi connectivity index (χ2n) is 11.0. The van der Waals surface area contributed by atoms with Crippen molar-refractivity contribution in [3.8, 4) is 0 Å². The van der Waals surface area contributed by atoms with E-state index in [0.717, 1.165) is 12.8 Å². The Bertz CT molecular complexity index is 1070. The third kappa shape index (κ3) is 7.21. The Morgan fingerprint density at radius 3 is 2.55 bits per heavy atom. The first-order chi connectivity index (χ1) is 18.2. The number of morpholine rings is 1. The zero-order valence-electron chi connectivity index (χ0n) is 22.9. The quantitative estimate of drug-likeness (QED) is 0.473. The number of pyridine rings is 1. The van der Waals surface area contributed by atoms with E-state index < -0.39 is 23.8 Å². The number of nitrogens with two attached hydrogens (primary N) is 1. The summed E-state index contributed by atoms with van der Waals surface area (Å²) in [6, 6.07) is 4.96. The summed E-state index contributed by atoms with van der Waals surface area (Å²) in [4.78, 5) is 27.3. The second kappa shape index (κ2) is 12.9. The molecule has 2 aliphatic rings. The molecular formula is C27H42N6O5. The van der Waals surface area contributed by atoms with E-state index in [-0.39, 0.29) is 12.5 Å². The third-order valence-corrected chi connectivity index (χ3v) is 7.26. The molecule has 210 valence electrons. The topological polar surface area (TPSA) is 133 Å². The minimum Gasteiger partial charge on any atom is -0.440 e. The molecule has 0 bridgehead atoms. The van der Waals surface area contributed by atoms with E-state index >= 15 is 0 Å². The number of hydrogen-bond acceptors (Lipinski definition) is 8. The van der Waals surface area contributed by atoms with Gasteiger partial charge in [-0.05, 0) is 51.7 Å². The average Bonchev–Trinajstić information content (AvgIpc) is 3.16. The molecule has 2 aromatic rings. The first-order valence-corrected chi connectivity index (χ1v) is 13.8. The van der Waals surface area contributed by atoms with Crippen molar-refractivity contribution in [3.05, 3.63) is 29.7 Å². The molecule has 1 aliphatic carbocycles. The van der Waals surface area contributed by atoms with E-state index in [0.29, 0.717) is 56.0 Å². The Kier molecular flexibility index (Phi) is 9.56. The number of nitrogens with zero attached hydrogens (tertiary/aromatic N) is 4. The van der Waals surface area contributed by atoms with Gasteiger partial charge >= 0.3 is 6.09 Å². The average molecular weight is 531 g/mol. The zero-order chi connectivity index (χ0) is 27.1. The van der Waals surface area contributed by atoms with Crippen molar-refractivity contribution in [2.75, 3.05) is 39.5 Å². The summed E-state index contributed by atoms with van der Waals surface area (Å²) in [5.74, 6) is 0.704. The predicted octanol–water partition coefficient (Wildman–Crippen LogP) is 3.14. The molecule has 2 amide bonds. The van der Waals surface area contributed by atoms with E-state index in [1.807, 2.05) is 29.5 Å². The second-order valence-corrected chi connectivity index (χ2v) is 11.0. The SMILES string of the molecule is CC(OC(=O)N1CCOCC1)c1cccc2nnc([C@@H](COCC3CCCCCC3)NC(=O)C(C)(C)N)n12. The van der Waals surface area contributed by atoms with E-state index in [1.54, 1.807) is 18.7 Å². The maximum absolute atomic E-state index is 12.9. The Labute approximate surface area is 224 Å². The van der Waals surface area contributed by atoms with Crippen LogP contribution in [0.1, 0.15) is 83.0 Å². The molecule has 1 saturated heterocycles. The fourth-order valence-electron chi connectivity index (χ4n) is 4.97. The molecule has 4 rings (SSSR count). The Morgan fingerprint density at radius 1 is 1.16 bits per heavy atom. The highest BCUT2D eigenvalue weighted by molar-refractivity contribution is 5.85. The molecule has 1 saturated carbocycles. The predicted molar refractivity (Wildman–Crippen MR) is 141 cm³/mol. The molecule has 38 heavy (non-hydrogen) atoms. The molecule has 3 heterocycles. The van der Waals surface area contributed by atoms with Crippen LogP contribution in [0.2, 0.25) is 0 Å². The molecule has 11 nitrogen and oxygen atoms in total. The number of fused-ring (bicyclic) bond motifs is 1. The van der Waals surface area contributed by atoms with Gasteiger partial charge in [-0.3, -0.25) is 9.20 Å². The van der Waals surface area contributed by atoms with Gasteiger partial charge in [0.1, 0.15) is 12.1 Å². The molecule has 2 aromatic heterocycles. The number of nitrogens with one attached hydrogen (secondary N) is 1. The van der Waals surface area contributed by atoms with Gasteiger partial charge in [0, 0.05) is 19.7 Å². The number of ether oxygens (including phenoxy) is 3. The smallest absolute Gasteiger partial charge is 0.410 e. The van der Waals surface area contributed by atoms with Gasteiger partial charge in [-0.2, -0.15) is 0 Å². The molecule has 0 spiro atoms. The summed E-state index contributed by atoms with van der Waals surface area (Å²) in [7, 11) is 0. The number of hydrogen-bond donors (Lipinski definition) is 2. The third-order valence-electron chi connectivity index (χ3n) is 7.26. The lowest BCUT2D eigenvalue weighted by Gasteiger charge is -2.28. The number of carbonyl (C=O) groups is 2. The molecule has 2 fully saturated rings. The summed E-state index contributed by atoms with van der Waals surface area (Å²) in [5, 5.41) is 11.8. The Morgan fingerprint density at radius 2 is 1.87 bits per heavy atom. The van der Waals surface area contributed by atoms with Gasteiger partial charge in [0.2, 0.25) is 5.91 Å². The summed E-state index contributed by atoms with van der Waals surface area (Å²) in [6.45, 7) is 7.98. The van der Waals surface area contributed by atoms with Crippen molar-refractivity contribution in [1.82, 2.24) is 24.8 Å². The van der Waals surface area contributed by atoms with Crippen LogP contribution >= 0.6 is 0 Å². The molecular weight excluding hydrogens is 488 g/mol. The summed E-state index contributed by atoms with van der Waals surface area (Å²) < 4.78 is 19.2. The fourth-order valence-corrected chi connectivity index (χ4v) is 4.97. The lowest BCUT2D eigenvalue weighted by Crippen LogP contribution is -2.51. The lowest BCUT2D eigenvalue weighted by atomic mass is 10.0. The highest BCUT2D eigenvalue weighted by Gasteiger charge is 2.30. The Hall–Kier alpha value is -2.76. The van der Waals surface area contributed by atoms with Gasteiger partial charge in [-0.1, -0.05) is 31.7 Å². The van der Waals surface area contributed by atoms with Gasteiger partial charge in [0.15, 0.2) is 11.5 Å².